The summed E-state index contributed by atoms with van der Waals surface area (Å²) in [6.45, 7) is -0.381. The van der Waals surface area contributed by atoms with Crippen LogP contribution in [0.3, 0.4) is 0 Å². The predicted octanol–water partition coefficient (Wildman–Crippen LogP) is 0.0840. The second-order valence-electron chi connectivity index (χ2n) is 3.70. The van der Waals surface area contributed by atoms with Gasteiger partial charge in [-0.2, -0.15) is 0 Å². The van der Waals surface area contributed by atoms with Crippen LogP contribution in [0.15, 0.2) is 18.2 Å². The van der Waals surface area contributed by atoms with Gasteiger partial charge in [-0.15, -0.1) is 0 Å². The number of carboxylic acid groups (broad SMARTS) is 1. The number of non-ortho nitro benzene ring substituents is 1. The molecule has 19 heavy (non-hydrogen) atoms. The molecule has 0 unspecified atom stereocenters. The summed E-state index contributed by atoms with van der Waals surface area (Å²) in [5, 5.41) is 37.6. The van der Waals surface area contributed by atoms with E-state index < -0.39 is 10.9 Å². The van der Waals surface area contributed by atoms with Crippen molar-refractivity contribution in [3.63, 3.8) is 0 Å². The van der Waals surface area contributed by atoms with Gasteiger partial charge in [0.25, 0.3) is 5.69 Å². The summed E-state index contributed by atoms with van der Waals surface area (Å²) < 4.78 is 0. The molecule has 1 rings (SSSR count). The Hall–Kier alpha value is -2.19. The van der Waals surface area contributed by atoms with Crippen molar-refractivity contribution in [3.8, 4) is 0 Å². The lowest BCUT2D eigenvalue weighted by Crippen LogP contribution is -2.31. The number of aliphatic hydroxyl groups is 2. The Kier molecular flexibility index (Phi) is 5.22. The molecule has 1 aromatic carbocycles. The van der Waals surface area contributed by atoms with Crippen LogP contribution in [0.1, 0.15) is 10.4 Å². The van der Waals surface area contributed by atoms with Crippen LogP contribution >= 0.6 is 0 Å². The molecule has 1 aromatic rings. The molecule has 8 heteroatoms. The molecule has 0 aliphatic carbocycles. The molecule has 0 heterocycles. The highest BCUT2D eigenvalue weighted by Crippen LogP contribution is 2.26. The molecular weight excluding hydrogens is 256 g/mol. The molecule has 0 fully saturated rings. The normalized spacial score (nSPS) is 10.2. The molecule has 0 bridgehead atoms. The maximum Gasteiger partial charge on any atom is 0.337 e. The SMILES string of the molecule is O=C(O)c1ccc([N+](=O)[O-])cc1N(CCO)CCO. The van der Waals surface area contributed by atoms with Gasteiger partial charge in [0.15, 0.2) is 0 Å². The summed E-state index contributed by atoms with van der Waals surface area (Å²) >= 11 is 0. The van der Waals surface area contributed by atoms with E-state index in [9.17, 15) is 14.9 Å². The first-order valence-corrected chi connectivity index (χ1v) is 5.49. The van der Waals surface area contributed by atoms with E-state index in [1.165, 1.54) is 4.90 Å². The van der Waals surface area contributed by atoms with Crippen LogP contribution in [0.5, 0.6) is 0 Å². The number of hydrogen-bond acceptors (Lipinski definition) is 6. The highest BCUT2D eigenvalue weighted by Gasteiger charge is 2.19. The van der Waals surface area contributed by atoms with Gasteiger partial charge < -0.3 is 20.2 Å². The third kappa shape index (κ3) is 3.63. The third-order valence-corrected chi connectivity index (χ3v) is 2.50. The first-order chi connectivity index (χ1) is 9.01. The zero-order valence-corrected chi connectivity index (χ0v) is 10.0. The zero-order chi connectivity index (χ0) is 14.4. The fraction of sp³-hybridized carbons (Fsp3) is 0.364. The number of aromatic carboxylic acids is 1. The fourth-order valence-electron chi connectivity index (χ4n) is 1.67. The van der Waals surface area contributed by atoms with Gasteiger partial charge in [-0.05, 0) is 6.07 Å². The van der Waals surface area contributed by atoms with Crippen LogP contribution in [-0.4, -0.2) is 52.5 Å². The molecule has 8 nitrogen and oxygen atoms in total. The predicted molar refractivity (Wildman–Crippen MR) is 66.4 cm³/mol. The minimum absolute atomic E-state index is 0.0714. The third-order valence-electron chi connectivity index (χ3n) is 2.50. The number of rotatable bonds is 7. The van der Waals surface area contributed by atoms with Crippen LogP contribution in [0.25, 0.3) is 0 Å². The number of carbonyl (C=O) groups is 1. The topological polar surface area (TPSA) is 124 Å². The van der Waals surface area contributed by atoms with Crippen molar-refractivity contribution < 1.29 is 25.0 Å². The molecule has 0 amide bonds. The molecule has 0 aromatic heterocycles. The van der Waals surface area contributed by atoms with Crippen LogP contribution in [-0.2, 0) is 0 Å². The highest BCUT2D eigenvalue weighted by molar-refractivity contribution is 5.95. The van der Waals surface area contributed by atoms with Gasteiger partial charge in [-0.25, -0.2) is 4.79 Å². The Labute approximate surface area is 108 Å². The largest absolute Gasteiger partial charge is 0.478 e. The highest BCUT2D eigenvalue weighted by atomic mass is 16.6. The Morgan fingerprint density at radius 2 is 1.84 bits per heavy atom. The van der Waals surface area contributed by atoms with Crippen molar-refractivity contribution in [2.75, 3.05) is 31.2 Å². The first-order valence-electron chi connectivity index (χ1n) is 5.49. The molecule has 0 saturated heterocycles. The molecule has 3 N–H and O–H groups in total. The second kappa shape index (κ2) is 6.66. The summed E-state index contributed by atoms with van der Waals surface area (Å²) in [4.78, 5) is 22.6. The molecule has 0 atom stereocenters. The van der Waals surface area contributed by atoms with E-state index in [-0.39, 0.29) is 43.2 Å². The molecule has 0 aliphatic heterocycles. The molecule has 0 aliphatic rings. The fourth-order valence-corrected chi connectivity index (χ4v) is 1.67. The van der Waals surface area contributed by atoms with Crippen molar-refractivity contribution in [3.05, 3.63) is 33.9 Å². The number of hydrogen-bond donors (Lipinski definition) is 3. The molecule has 0 radical (unpaired) electrons. The Bertz CT molecular complexity index is 470. The van der Waals surface area contributed by atoms with Crippen LogP contribution in [0.4, 0.5) is 11.4 Å². The molecular formula is C11H14N2O6. The van der Waals surface area contributed by atoms with Crippen molar-refractivity contribution in [2.45, 2.75) is 0 Å². The maximum absolute atomic E-state index is 11.1. The average Bonchev–Trinajstić information content (AvgIpc) is 2.37. The van der Waals surface area contributed by atoms with Crippen molar-refractivity contribution >= 4 is 17.3 Å². The van der Waals surface area contributed by atoms with Crippen LogP contribution in [0.2, 0.25) is 0 Å². The van der Waals surface area contributed by atoms with E-state index in [0.717, 1.165) is 18.2 Å². The number of benzene rings is 1. The van der Waals surface area contributed by atoms with Crippen molar-refractivity contribution in [1.82, 2.24) is 0 Å². The van der Waals surface area contributed by atoms with Crippen molar-refractivity contribution in [1.29, 1.82) is 0 Å². The van der Waals surface area contributed by atoms with E-state index in [1.807, 2.05) is 0 Å². The van der Waals surface area contributed by atoms with Gasteiger partial charge in [-0.3, -0.25) is 10.1 Å². The molecule has 0 saturated carbocycles. The number of carboxylic acids is 1. The van der Waals surface area contributed by atoms with Crippen molar-refractivity contribution in [2.24, 2.45) is 0 Å². The van der Waals surface area contributed by atoms with Crippen LogP contribution < -0.4 is 4.90 Å². The van der Waals surface area contributed by atoms with Gasteiger partial charge in [-0.1, -0.05) is 0 Å². The quantitative estimate of drug-likeness (QED) is 0.473. The number of nitrogens with zero attached hydrogens (tertiary/aromatic N) is 2. The lowest BCUT2D eigenvalue weighted by Gasteiger charge is -2.24. The van der Waals surface area contributed by atoms with Gasteiger partial charge in [0.1, 0.15) is 0 Å². The van der Waals surface area contributed by atoms with E-state index in [4.69, 9.17) is 15.3 Å². The Morgan fingerprint density at radius 1 is 1.26 bits per heavy atom. The smallest absolute Gasteiger partial charge is 0.337 e. The van der Waals surface area contributed by atoms with Gasteiger partial charge in [0, 0.05) is 25.2 Å². The lowest BCUT2D eigenvalue weighted by molar-refractivity contribution is -0.384. The molecule has 104 valence electrons. The maximum atomic E-state index is 11.1. The van der Waals surface area contributed by atoms with E-state index in [0.29, 0.717) is 0 Å². The number of aliphatic hydroxyl groups excluding tert-OH is 2. The van der Waals surface area contributed by atoms with Crippen LogP contribution in [0, 0.1) is 10.1 Å². The summed E-state index contributed by atoms with van der Waals surface area (Å²) in [7, 11) is 0. The number of nitro benzene ring substituents is 1. The summed E-state index contributed by atoms with van der Waals surface area (Å²) in [6.07, 6.45) is 0. The minimum atomic E-state index is -1.23. The lowest BCUT2D eigenvalue weighted by atomic mass is 10.1. The van der Waals surface area contributed by atoms with Gasteiger partial charge >= 0.3 is 5.97 Å². The number of nitro groups is 1. The minimum Gasteiger partial charge on any atom is -0.478 e. The average molecular weight is 270 g/mol. The molecule has 0 spiro atoms. The van der Waals surface area contributed by atoms with Gasteiger partial charge in [0.05, 0.1) is 29.4 Å². The van der Waals surface area contributed by atoms with E-state index in [1.54, 1.807) is 0 Å². The first kappa shape index (κ1) is 14.9. The number of anilines is 1. The van der Waals surface area contributed by atoms with E-state index in [2.05, 4.69) is 0 Å². The summed E-state index contributed by atoms with van der Waals surface area (Å²) in [5.41, 5.74) is -0.266. The zero-order valence-electron chi connectivity index (χ0n) is 10.0. The van der Waals surface area contributed by atoms with Gasteiger partial charge in [0.2, 0.25) is 0 Å². The second-order valence-corrected chi connectivity index (χ2v) is 3.70. The standard InChI is InChI=1S/C11H14N2O6/c14-5-3-12(4-6-15)10-7-8(13(18)19)1-2-9(10)11(16)17/h1-2,7,14-15H,3-6H2,(H,16,17). The monoisotopic (exact) mass is 270 g/mol. The summed E-state index contributed by atoms with van der Waals surface area (Å²) in [6, 6.07) is 3.36. The van der Waals surface area contributed by atoms with E-state index >= 15 is 0 Å². The Balaban J connectivity index is 3.28. The summed E-state index contributed by atoms with van der Waals surface area (Å²) in [5.74, 6) is -1.23. The Morgan fingerprint density at radius 3 is 2.26 bits per heavy atom.